The van der Waals surface area contributed by atoms with Crippen LogP contribution in [-0.4, -0.2) is 15.3 Å². The lowest BCUT2D eigenvalue weighted by Crippen LogP contribution is -2.07. The van der Waals surface area contributed by atoms with Gasteiger partial charge in [-0.3, -0.25) is 9.78 Å². The number of nitrogens with zero attached hydrogens (tertiary/aromatic N) is 2. The highest BCUT2D eigenvalue weighted by molar-refractivity contribution is 5.92. The predicted molar refractivity (Wildman–Crippen MR) is 62.4 cm³/mol. The van der Waals surface area contributed by atoms with E-state index in [9.17, 15) is 4.79 Å². The molecule has 0 aromatic carbocycles. The summed E-state index contributed by atoms with van der Waals surface area (Å²) in [5, 5.41) is 0. The fourth-order valence-electron chi connectivity index (χ4n) is 1.72. The summed E-state index contributed by atoms with van der Waals surface area (Å²) in [6, 6.07) is 7.73. The monoisotopic (exact) mass is 214 g/mol. The molecule has 0 unspecified atom stereocenters. The molecule has 2 rings (SSSR count). The van der Waals surface area contributed by atoms with Crippen molar-refractivity contribution >= 4 is 5.78 Å². The van der Waals surface area contributed by atoms with Crippen LogP contribution >= 0.6 is 0 Å². The zero-order chi connectivity index (χ0) is 11.4. The van der Waals surface area contributed by atoms with Gasteiger partial charge < -0.3 is 4.57 Å². The van der Waals surface area contributed by atoms with E-state index in [1.807, 2.05) is 41.2 Å². The van der Waals surface area contributed by atoms with Crippen LogP contribution in [0, 0.1) is 0 Å². The minimum atomic E-state index is 0.108. The molecule has 0 fully saturated rings. The maximum Gasteiger partial charge on any atom is 0.176 e. The first kappa shape index (κ1) is 10.6. The first-order valence-electron chi connectivity index (χ1n) is 5.32. The van der Waals surface area contributed by atoms with Gasteiger partial charge in [-0.2, -0.15) is 0 Å². The third kappa shape index (κ3) is 2.37. The zero-order valence-corrected chi connectivity index (χ0v) is 9.26. The Balaban J connectivity index is 2.05. The van der Waals surface area contributed by atoms with Crippen molar-refractivity contribution in [2.75, 3.05) is 0 Å². The van der Waals surface area contributed by atoms with Gasteiger partial charge in [0, 0.05) is 32.1 Å². The van der Waals surface area contributed by atoms with Gasteiger partial charge in [0.2, 0.25) is 0 Å². The maximum absolute atomic E-state index is 11.3. The standard InChI is InChI=1S/C13H14N2O/c1-11(16)13-5-3-8-15(13)9-6-12-4-2-7-14-10-12/h2-5,7-8,10H,6,9H2,1H3. The normalized spacial score (nSPS) is 10.3. The lowest BCUT2D eigenvalue weighted by Gasteiger charge is -2.06. The van der Waals surface area contributed by atoms with E-state index in [4.69, 9.17) is 0 Å². The number of carbonyl (C=O) groups excluding carboxylic acids is 1. The number of hydrogen-bond acceptors (Lipinski definition) is 2. The van der Waals surface area contributed by atoms with Crippen LogP contribution in [0.1, 0.15) is 23.0 Å². The van der Waals surface area contributed by atoms with Crippen LogP contribution in [0.25, 0.3) is 0 Å². The molecule has 0 bridgehead atoms. The summed E-state index contributed by atoms with van der Waals surface area (Å²) in [6.07, 6.45) is 6.45. The van der Waals surface area contributed by atoms with Crippen LogP contribution in [0.5, 0.6) is 0 Å². The minimum absolute atomic E-state index is 0.108. The summed E-state index contributed by atoms with van der Waals surface area (Å²) in [7, 11) is 0. The Morgan fingerprint density at radius 2 is 2.25 bits per heavy atom. The van der Waals surface area contributed by atoms with Gasteiger partial charge >= 0.3 is 0 Å². The van der Waals surface area contributed by atoms with Crippen molar-refractivity contribution in [3.8, 4) is 0 Å². The Bertz CT molecular complexity index is 474. The van der Waals surface area contributed by atoms with Crippen molar-refractivity contribution in [3.63, 3.8) is 0 Å². The largest absolute Gasteiger partial charge is 0.345 e. The molecule has 2 aromatic rings. The van der Waals surface area contributed by atoms with E-state index in [0.29, 0.717) is 0 Å². The fourth-order valence-corrected chi connectivity index (χ4v) is 1.72. The molecule has 0 aliphatic rings. The molecular weight excluding hydrogens is 200 g/mol. The van der Waals surface area contributed by atoms with E-state index < -0.39 is 0 Å². The summed E-state index contributed by atoms with van der Waals surface area (Å²) in [6.45, 7) is 2.41. The molecule has 16 heavy (non-hydrogen) atoms. The van der Waals surface area contributed by atoms with Crippen LogP contribution < -0.4 is 0 Å². The van der Waals surface area contributed by atoms with E-state index in [0.717, 1.165) is 18.7 Å². The number of hydrogen-bond donors (Lipinski definition) is 0. The number of ketones is 1. The van der Waals surface area contributed by atoms with Crippen LogP contribution in [-0.2, 0) is 13.0 Å². The minimum Gasteiger partial charge on any atom is -0.345 e. The highest BCUT2D eigenvalue weighted by Crippen LogP contribution is 2.06. The van der Waals surface area contributed by atoms with Crippen LogP contribution in [0.4, 0.5) is 0 Å². The van der Waals surface area contributed by atoms with Crippen molar-refractivity contribution in [2.45, 2.75) is 19.9 Å². The molecule has 0 saturated carbocycles. The molecule has 0 N–H and O–H groups in total. The first-order chi connectivity index (χ1) is 7.77. The van der Waals surface area contributed by atoms with Gasteiger partial charge in [-0.25, -0.2) is 0 Å². The molecule has 2 heterocycles. The summed E-state index contributed by atoms with van der Waals surface area (Å²) < 4.78 is 1.98. The van der Waals surface area contributed by atoms with Gasteiger partial charge in [-0.05, 0) is 30.2 Å². The SMILES string of the molecule is CC(=O)c1cccn1CCc1cccnc1. The Morgan fingerprint density at radius 1 is 1.38 bits per heavy atom. The number of rotatable bonds is 4. The fraction of sp³-hybridized carbons (Fsp3) is 0.231. The second-order valence-corrected chi connectivity index (χ2v) is 3.75. The summed E-state index contributed by atoms with van der Waals surface area (Å²) in [5.41, 5.74) is 1.95. The lowest BCUT2D eigenvalue weighted by atomic mass is 10.2. The van der Waals surface area contributed by atoms with E-state index in [2.05, 4.69) is 4.98 Å². The van der Waals surface area contributed by atoms with E-state index in [1.165, 1.54) is 5.56 Å². The number of pyridine rings is 1. The third-order valence-electron chi connectivity index (χ3n) is 2.55. The number of carbonyl (C=O) groups is 1. The molecule has 0 amide bonds. The summed E-state index contributed by atoms with van der Waals surface area (Å²) >= 11 is 0. The van der Waals surface area contributed by atoms with Gasteiger partial charge in [-0.15, -0.1) is 0 Å². The Kier molecular flexibility index (Phi) is 3.15. The van der Waals surface area contributed by atoms with Gasteiger partial charge in [0.05, 0.1) is 5.69 Å². The van der Waals surface area contributed by atoms with Crippen molar-refractivity contribution < 1.29 is 4.79 Å². The smallest absolute Gasteiger partial charge is 0.176 e. The van der Waals surface area contributed by atoms with E-state index >= 15 is 0 Å². The highest BCUT2D eigenvalue weighted by Gasteiger charge is 2.05. The Hall–Kier alpha value is -1.90. The molecule has 3 heteroatoms. The molecule has 2 aromatic heterocycles. The van der Waals surface area contributed by atoms with Gasteiger partial charge in [0.25, 0.3) is 0 Å². The van der Waals surface area contributed by atoms with Crippen molar-refractivity contribution in [1.29, 1.82) is 0 Å². The average molecular weight is 214 g/mol. The van der Waals surface area contributed by atoms with E-state index in [-0.39, 0.29) is 5.78 Å². The second-order valence-electron chi connectivity index (χ2n) is 3.75. The number of aromatic nitrogens is 2. The van der Waals surface area contributed by atoms with Crippen molar-refractivity contribution in [2.24, 2.45) is 0 Å². The lowest BCUT2D eigenvalue weighted by molar-refractivity contribution is 0.100. The van der Waals surface area contributed by atoms with Gasteiger partial charge in [-0.1, -0.05) is 6.07 Å². The molecule has 0 aliphatic carbocycles. The zero-order valence-electron chi connectivity index (χ0n) is 9.26. The second kappa shape index (κ2) is 4.75. The Labute approximate surface area is 94.7 Å². The molecule has 3 nitrogen and oxygen atoms in total. The van der Waals surface area contributed by atoms with Gasteiger partial charge in [0.1, 0.15) is 0 Å². The maximum atomic E-state index is 11.3. The summed E-state index contributed by atoms with van der Waals surface area (Å²) in [5.74, 6) is 0.108. The van der Waals surface area contributed by atoms with Crippen LogP contribution in [0.15, 0.2) is 42.9 Å². The topological polar surface area (TPSA) is 34.9 Å². The first-order valence-corrected chi connectivity index (χ1v) is 5.32. The van der Waals surface area contributed by atoms with E-state index in [1.54, 1.807) is 13.1 Å². The molecule has 0 spiro atoms. The quantitative estimate of drug-likeness (QED) is 0.732. The molecule has 0 radical (unpaired) electrons. The average Bonchev–Trinajstić information content (AvgIpc) is 2.76. The Morgan fingerprint density at radius 3 is 2.94 bits per heavy atom. The van der Waals surface area contributed by atoms with Crippen LogP contribution in [0.2, 0.25) is 0 Å². The molecule has 0 atom stereocenters. The van der Waals surface area contributed by atoms with Crippen LogP contribution in [0.3, 0.4) is 0 Å². The third-order valence-corrected chi connectivity index (χ3v) is 2.55. The highest BCUT2D eigenvalue weighted by atomic mass is 16.1. The molecule has 82 valence electrons. The number of Topliss-reactive ketones (excluding diaryl/α,β-unsaturated/α-hetero) is 1. The molecular formula is C13H14N2O. The number of aryl methyl sites for hydroxylation is 2. The van der Waals surface area contributed by atoms with Gasteiger partial charge in [0.15, 0.2) is 5.78 Å². The van der Waals surface area contributed by atoms with Crippen molar-refractivity contribution in [3.05, 3.63) is 54.1 Å². The molecule has 0 aliphatic heterocycles. The summed E-state index contributed by atoms with van der Waals surface area (Å²) in [4.78, 5) is 15.4. The predicted octanol–water partition coefficient (Wildman–Crippen LogP) is 2.33. The van der Waals surface area contributed by atoms with Crippen molar-refractivity contribution in [1.82, 2.24) is 9.55 Å². The molecule has 0 saturated heterocycles.